The normalized spacial score (nSPS) is 15.3. The van der Waals surface area contributed by atoms with E-state index in [1.165, 1.54) is 0 Å². The molecule has 1 aliphatic heterocycles. The Labute approximate surface area is 177 Å². The van der Waals surface area contributed by atoms with Gasteiger partial charge in [0.1, 0.15) is 11.6 Å². The van der Waals surface area contributed by atoms with Crippen LogP contribution in [0.2, 0.25) is 0 Å². The van der Waals surface area contributed by atoms with Crippen LogP contribution in [0.25, 0.3) is 0 Å². The molecule has 11 heteroatoms. The summed E-state index contributed by atoms with van der Waals surface area (Å²) in [7, 11) is 0. The molecule has 0 radical (unpaired) electrons. The quantitative estimate of drug-likeness (QED) is 0.632. The average molecular weight is 467 g/mol. The molecule has 1 aliphatic rings. The third-order valence-corrected chi connectivity index (χ3v) is 5.27. The number of anilines is 1. The van der Waals surface area contributed by atoms with E-state index >= 15 is 0 Å². The molecule has 0 fully saturated rings. The summed E-state index contributed by atoms with van der Waals surface area (Å²) in [4.78, 5) is 13.9. The van der Waals surface area contributed by atoms with Crippen molar-refractivity contribution in [2.45, 2.75) is 43.6 Å². The number of halogens is 8. The van der Waals surface area contributed by atoms with Crippen LogP contribution in [0.15, 0.2) is 36.4 Å². The van der Waals surface area contributed by atoms with Crippen molar-refractivity contribution in [3.63, 3.8) is 0 Å². The van der Waals surface area contributed by atoms with Crippen LogP contribution in [-0.4, -0.2) is 29.9 Å². The number of aryl methyl sites for hydroxylation is 1. The lowest BCUT2D eigenvalue weighted by Gasteiger charge is -2.33. The molecule has 3 nitrogen and oxygen atoms in total. The molecule has 174 valence electrons. The van der Waals surface area contributed by atoms with Crippen molar-refractivity contribution in [3.05, 3.63) is 64.7 Å². The monoisotopic (exact) mass is 467 g/mol. The van der Waals surface area contributed by atoms with Crippen LogP contribution < -0.4 is 4.90 Å². The molecule has 0 aromatic heterocycles. The Balaban J connectivity index is 1.99. The molecule has 0 aliphatic carbocycles. The maximum Gasteiger partial charge on any atom is 0.430 e. The van der Waals surface area contributed by atoms with Gasteiger partial charge in [0.25, 0.3) is 5.60 Å². The van der Waals surface area contributed by atoms with Crippen LogP contribution in [-0.2, 0) is 23.2 Å². The first-order valence-corrected chi connectivity index (χ1v) is 9.48. The summed E-state index contributed by atoms with van der Waals surface area (Å²) in [6.07, 6.45) is -11.6. The zero-order chi connectivity index (χ0) is 23.9. The molecule has 0 atom stereocenters. The lowest BCUT2D eigenvalue weighted by Crippen LogP contribution is -2.54. The van der Waals surface area contributed by atoms with Gasteiger partial charge in [-0.25, -0.2) is 8.78 Å². The van der Waals surface area contributed by atoms with Crippen LogP contribution in [0.1, 0.15) is 29.5 Å². The largest absolute Gasteiger partial charge is 0.430 e. The van der Waals surface area contributed by atoms with Crippen LogP contribution in [0.4, 0.5) is 40.8 Å². The summed E-state index contributed by atoms with van der Waals surface area (Å²) < 4.78 is 106. The minimum absolute atomic E-state index is 0.0192. The summed E-state index contributed by atoms with van der Waals surface area (Å²) >= 11 is 0. The van der Waals surface area contributed by atoms with Gasteiger partial charge in [-0.2, -0.15) is 26.3 Å². The van der Waals surface area contributed by atoms with E-state index < -0.39 is 47.5 Å². The second kappa shape index (κ2) is 8.34. The smallest absolute Gasteiger partial charge is 0.369 e. The van der Waals surface area contributed by atoms with Crippen molar-refractivity contribution < 1.29 is 45.0 Å². The topological polar surface area (TPSA) is 40.5 Å². The number of benzene rings is 2. The van der Waals surface area contributed by atoms with E-state index in [4.69, 9.17) is 0 Å². The SMILES string of the molecule is O=C(Cc1cc(F)cc(F)c1)N1CCCCc2cc(C(O)(C(F)(F)F)C(F)(F)F)ccc21. The van der Waals surface area contributed by atoms with Crippen LogP contribution in [0.3, 0.4) is 0 Å². The van der Waals surface area contributed by atoms with Crippen LogP contribution >= 0.6 is 0 Å². The zero-order valence-electron chi connectivity index (χ0n) is 16.3. The number of hydrogen-bond donors (Lipinski definition) is 1. The minimum atomic E-state index is -6.03. The highest BCUT2D eigenvalue weighted by atomic mass is 19.4. The fourth-order valence-corrected chi connectivity index (χ4v) is 3.71. The Morgan fingerprint density at radius 2 is 1.50 bits per heavy atom. The average Bonchev–Trinajstić information content (AvgIpc) is 2.86. The molecular formula is C21H17F8NO2. The van der Waals surface area contributed by atoms with Gasteiger partial charge in [0.15, 0.2) is 0 Å². The van der Waals surface area contributed by atoms with E-state index in [2.05, 4.69) is 0 Å². The number of fused-ring (bicyclic) bond motifs is 1. The standard InChI is InChI=1S/C21H17F8NO2/c22-15-7-12(8-16(23)11-15)9-18(31)30-6-2-1-3-13-10-14(4-5-17(13)30)19(32,20(24,25)26)21(27,28)29/h4-5,7-8,10-11,32H,1-3,6,9H2. The first-order chi connectivity index (χ1) is 14.7. The first kappa shape index (κ1) is 24.0. The lowest BCUT2D eigenvalue weighted by molar-refractivity contribution is -0.376. The Bertz CT molecular complexity index is 982. The van der Waals surface area contributed by atoms with Crippen molar-refractivity contribution in [3.8, 4) is 0 Å². The Kier molecular flexibility index (Phi) is 6.25. The maximum absolute atomic E-state index is 13.4. The van der Waals surface area contributed by atoms with Crippen molar-refractivity contribution >= 4 is 11.6 Å². The molecule has 0 unspecified atom stereocenters. The molecule has 0 bridgehead atoms. The van der Waals surface area contributed by atoms with Gasteiger partial charge in [-0.3, -0.25) is 4.79 Å². The highest BCUT2D eigenvalue weighted by Crippen LogP contribution is 2.50. The van der Waals surface area contributed by atoms with E-state index in [9.17, 15) is 45.0 Å². The number of aliphatic hydroxyl groups is 1. The van der Waals surface area contributed by atoms with Crippen LogP contribution in [0.5, 0.6) is 0 Å². The fourth-order valence-electron chi connectivity index (χ4n) is 3.71. The molecule has 2 aromatic rings. The van der Waals surface area contributed by atoms with Crippen LogP contribution in [0, 0.1) is 11.6 Å². The molecular weight excluding hydrogens is 450 g/mol. The minimum Gasteiger partial charge on any atom is -0.369 e. The predicted octanol–water partition coefficient (Wildman–Crippen LogP) is 5.19. The van der Waals surface area contributed by atoms with E-state index in [0.717, 1.165) is 23.1 Å². The second-order valence-corrected chi connectivity index (χ2v) is 7.51. The Hall–Kier alpha value is -2.69. The third kappa shape index (κ3) is 4.43. The molecule has 1 N–H and O–H groups in total. The number of alkyl halides is 6. The van der Waals surface area contributed by atoms with E-state index in [1.807, 2.05) is 0 Å². The van der Waals surface area contributed by atoms with Crippen molar-refractivity contribution in [1.29, 1.82) is 0 Å². The molecule has 3 rings (SSSR count). The predicted molar refractivity (Wildman–Crippen MR) is 97.8 cm³/mol. The number of amides is 1. The van der Waals surface area contributed by atoms with Gasteiger partial charge in [0.05, 0.1) is 6.42 Å². The molecule has 0 saturated heterocycles. The molecule has 1 amide bonds. The summed E-state index contributed by atoms with van der Waals surface area (Å²) in [6, 6.07) is 4.53. The van der Waals surface area contributed by atoms with Gasteiger partial charge in [-0.05, 0) is 48.6 Å². The second-order valence-electron chi connectivity index (χ2n) is 7.51. The third-order valence-electron chi connectivity index (χ3n) is 5.27. The number of carbonyl (C=O) groups excluding carboxylic acids is 1. The van der Waals surface area contributed by atoms with Gasteiger partial charge < -0.3 is 10.0 Å². The summed E-state index contributed by atoms with van der Waals surface area (Å²) in [6.45, 7) is 0.117. The maximum atomic E-state index is 13.4. The molecule has 2 aromatic carbocycles. The van der Waals surface area contributed by atoms with E-state index in [1.54, 1.807) is 0 Å². The highest BCUT2D eigenvalue weighted by molar-refractivity contribution is 5.95. The number of rotatable bonds is 3. The number of carbonyl (C=O) groups is 1. The van der Waals surface area contributed by atoms with E-state index in [0.29, 0.717) is 31.0 Å². The fraction of sp³-hybridized carbons (Fsp3) is 0.381. The summed E-state index contributed by atoms with van der Waals surface area (Å²) in [5, 5.41) is 9.65. The van der Waals surface area contributed by atoms with Crippen molar-refractivity contribution in [2.75, 3.05) is 11.4 Å². The lowest BCUT2D eigenvalue weighted by atomic mass is 9.89. The number of hydrogen-bond acceptors (Lipinski definition) is 2. The van der Waals surface area contributed by atoms with Crippen molar-refractivity contribution in [1.82, 2.24) is 0 Å². The van der Waals surface area contributed by atoms with Gasteiger partial charge in [-0.15, -0.1) is 0 Å². The highest BCUT2D eigenvalue weighted by Gasteiger charge is 2.71. The Morgan fingerprint density at radius 3 is 2.06 bits per heavy atom. The summed E-state index contributed by atoms with van der Waals surface area (Å²) in [5.41, 5.74) is -6.35. The Morgan fingerprint density at radius 1 is 0.906 bits per heavy atom. The van der Waals surface area contributed by atoms with Gasteiger partial charge in [0, 0.05) is 23.9 Å². The number of nitrogens with zero attached hydrogens (tertiary/aromatic N) is 1. The van der Waals surface area contributed by atoms with E-state index in [-0.39, 0.29) is 29.8 Å². The van der Waals surface area contributed by atoms with Gasteiger partial charge in [0.2, 0.25) is 5.91 Å². The molecule has 1 heterocycles. The van der Waals surface area contributed by atoms with Crippen molar-refractivity contribution in [2.24, 2.45) is 0 Å². The summed E-state index contributed by atoms with van der Waals surface area (Å²) in [5.74, 6) is -2.42. The zero-order valence-corrected chi connectivity index (χ0v) is 16.3. The molecule has 0 spiro atoms. The van der Waals surface area contributed by atoms with Gasteiger partial charge in [-0.1, -0.05) is 12.1 Å². The van der Waals surface area contributed by atoms with Gasteiger partial charge >= 0.3 is 12.4 Å². The molecule has 0 saturated carbocycles. The first-order valence-electron chi connectivity index (χ1n) is 9.48. The molecule has 32 heavy (non-hydrogen) atoms.